The summed E-state index contributed by atoms with van der Waals surface area (Å²) < 4.78 is 41.0. The Kier molecular flexibility index (Phi) is 7.15. The van der Waals surface area contributed by atoms with Crippen molar-refractivity contribution in [1.29, 1.82) is 0 Å². The van der Waals surface area contributed by atoms with Crippen LogP contribution in [-0.4, -0.2) is 10.9 Å². The number of carbonyl (C=O) groups excluding carboxylic acids is 1. The lowest BCUT2D eigenvalue weighted by atomic mass is 9.79. The van der Waals surface area contributed by atoms with Crippen LogP contribution in [0.15, 0.2) is 97.2 Å². The Morgan fingerprint density at radius 2 is 1.51 bits per heavy atom. The van der Waals surface area contributed by atoms with Crippen LogP contribution < -0.4 is 5.32 Å². The molecule has 0 aliphatic rings. The zero-order chi connectivity index (χ0) is 25.1. The summed E-state index contributed by atoms with van der Waals surface area (Å²) in [5, 5.41) is 3.45. The van der Waals surface area contributed by atoms with E-state index in [9.17, 15) is 18.0 Å². The zero-order valence-corrected chi connectivity index (χ0v) is 19.7. The van der Waals surface area contributed by atoms with Crippen LogP contribution >= 0.6 is 23.2 Å². The van der Waals surface area contributed by atoms with E-state index < -0.39 is 23.2 Å². The van der Waals surface area contributed by atoms with E-state index in [0.717, 1.165) is 17.7 Å². The molecule has 1 N–H and O–H groups in total. The predicted octanol–water partition coefficient (Wildman–Crippen LogP) is 7.32. The summed E-state index contributed by atoms with van der Waals surface area (Å²) in [4.78, 5) is 17.9. The Hall–Kier alpha value is -3.35. The number of hydrogen-bond donors (Lipinski definition) is 1. The van der Waals surface area contributed by atoms with E-state index in [2.05, 4.69) is 10.3 Å². The molecule has 1 aromatic heterocycles. The van der Waals surface area contributed by atoms with E-state index in [0.29, 0.717) is 5.69 Å². The van der Waals surface area contributed by atoms with E-state index in [1.807, 2.05) is 30.3 Å². The number of alkyl halides is 3. The summed E-state index contributed by atoms with van der Waals surface area (Å²) in [6.45, 7) is 0. The normalized spacial score (nSPS) is 13.2. The first-order valence-electron chi connectivity index (χ1n) is 10.6. The highest BCUT2D eigenvalue weighted by molar-refractivity contribution is 6.42. The fourth-order valence-corrected chi connectivity index (χ4v) is 4.20. The lowest BCUT2D eigenvalue weighted by molar-refractivity contribution is -0.137. The first-order valence-corrected chi connectivity index (χ1v) is 11.4. The molecule has 35 heavy (non-hydrogen) atoms. The highest BCUT2D eigenvalue weighted by Crippen LogP contribution is 2.37. The van der Waals surface area contributed by atoms with Crippen LogP contribution in [0.2, 0.25) is 10.0 Å². The van der Waals surface area contributed by atoms with E-state index in [1.165, 1.54) is 30.5 Å². The van der Waals surface area contributed by atoms with Crippen molar-refractivity contribution in [1.82, 2.24) is 10.3 Å². The maximum atomic E-state index is 13.7. The van der Waals surface area contributed by atoms with Crippen LogP contribution in [0.4, 0.5) is 13.2 Å². The molecule has 0 bridgehead atoms. The first kappa shape index (κ1) is 24.8. The van der Waals surface area contributed by atoms with E-state index >= 15 is 0 Å². The standard InChI is InChI=1S/C27H19Cl2F3N2O/c28-22-13-12-19(15-23(22)29)25(35)34-26(24-11-4-5-14-33-24,17-18-7-2-1-3-8-18)20-9-6-10-21(16-20)27(30,31)32/h1-16H,17H2,(H,34,35). The smallest absolute Gasteiger partial charge is 0.337 e. The summed E-state index contributed by atoms with van der Waals surface area (Å²) in [7, 11) is 0. The third kappa shape index (κ3) is 5.50. The van der Waals surface area contributed by atoms with Crippen LogP contribution in [0.3, 0.4) is 0 Å². The van der Waals surface area contributed by atoms with Crippen molar-refractivity contribution >= 4 is 29.1 Å². The maximum Gasteiger partial charge on any atom is 0.416 e. The minimum absolute atomic E-state index is 0.152. The minimum atomic E-state index is -4.56. The van der Waals surface area contributed by atoms with Gasteiger partial charge in [0.2, 0.25) is 0 Å². The number of aromatic nitrogens is 1. The van der Waals surface area contributed by atoms with Gasteiger partial charge in [0.05, 0.1) is 21.3 Å². The Bertz CT molecular complexity index is 1330. The van der Waals surface area contributed by atoms with Crippen molar-refractivity contribution < 1.29 is 18.0 Å². The average molecular weight is 515 g/mol. The van der Waals surface area contributed by atoms with Crippen molar-refractivity contribution in [3.05, 3.63) is 135 Å². The van der Waals surface area contributed by atoms with Gasteiger partial charge in [-0.25, -0.2) is 0 Å². The average Bonchev–Trinajstić information content (AvgIpc) is 2.86. The van der Waals surface area contributed by atoms with Crippen molar-refractivity contribution in [2.24, 2.45) is 0 Å². The number of carbonyl (C=O) groups is 1. The van der Waals surface area contributed by atoms with Gasteiger partial charge in [-0.3, -0.25) is 9.78 Å². The van der Waals surface area contributed by atoms with Crippen LogP contribution in [0.1, 0.15) is 32.7 Å². The molecular weight excluding hydrogens is 496 g/mol. The van der Waals surface area contributed by atoms with Crippen LogP contribution in [0.5, 0.6) is 0 Å². The monoisotopic (exact) mass is 514 g/mol. The number of nitrogens with one attached hydrogen (secondary N) is 1. The van der Waals surface area contributed by atoms with Crippen molar-refractivity contribution in [2.45, 2.75) is 18.1 Å². The molecular formula is C27H19Cl2F3N2O. The molecule has 0 saturated heterocycles. The lowest BCUT2D eigenvalue weighted by Crippen LogP contribution is -2.49. The van der Waals surface area contributed by atoms with Crippen molar-refractivity contribution in [3.8, 4) is 0 Å². The number of nitrogens with zero attached hydrogens (tertiary/aromatic N) is 1. The molecule has 0 radical (unpaired) electrons. The molecule has 0 aliphatic heterocycles. The molecule has 1 heterocycles. The lowest BCUT2D eigenvalue weighted by Gasteiger charge is -2.36. The highest BCUT2D eigenvalue weighted by atomic mass is 35.5. The van der Waals surface area contributed by atoms with Crippen LogP contribution in [-0.2, 0) is 18.1 Å². The van der Waals surface area contributed by atoms with Crippen molar-refractivity contribution in [3.63, 3.8) is 0 Å². The SMILES string of the molecule is O=C(NC(Cc1ccccc1)(c1cccc(C(F)(F)F)c1)c1ccccn1)c1ccc(Cl)c(Cl)c1. The number of benzene rings is 3. The minimum Gasteiger partial charge on any atom is -0.337 e. The molecule has 0 aliphatic carbocycles. The van der Waals surface area contributed by atoms with Gasteiger partial charge in [-0.2, -0.15) is 13.2 Å². The second-order valence-electron chi connectivity index (χ2n) is 7.94. The van der Waals surface area contributed by atoms with Gasteiger partial charge in [0.25, 0.3) is 5.91 Å². The fourth-order valence-electron chi connectivity index (χ4n) is 3.90. The second kappa shape index (κ2) is 10.1. The molecule has 8 heteroatoms. The molecule has 0 spiro atoms. The van der Waals surface area contributed by atoms with Gasteiger partial charge in [0.15, 0.2) is 0 Å². The van der Waals surface area contributed by atoms with Gasteiger partial charge < -0.3 is 5.32 Å². The Labute approximate surface area is 210 Å². The predicted molar refractivity (Wildman–Crippen MR) is 131 cm³/mol. The Morgan fingerprint density at radius 3 is 2.17 bits per heavy atom. The molecule has 178 valence electrons. The van der Waals surface area contributed by atoms with E-state index in [4.69, 9.17) is 23.2 Å². The van der Waals surface area contributed by atoms with Gasteiger partial charge in [-0.05, 0) is 53.6 Å². The van der Waals surface area contributed by atoms with E-state index in [-0.39, 0.29) is 27.6 Å². The Balaban J connectivity index is 1.92. The summed E-state index contributed by atoms with van der Waals surface area (Å²) >= 11 is 12.1. The quantitative estimate of drug-likeness (QED) is 0.292. The molecule has 3 aromatic carbocycles. The summed E-state index contributed by atoms with van der Waals surface area (Å²) in [6.07, 6.45) is -2.88. The van der Waals surface area contributed by atoms with Crippen molar-refractivity contribution in [2.75, 3.05) is 0 Å². The summed E-state index contributed by atoms with van der Waals surface area (Å²) in [5.41, 5.74) is -0.621. The summed E-state index contributed by atoms with van der Waals surface area (Å²) in [5.74, 6) is -0.539. The largest absolute Gasteiger partial charge is 0.416 e. The van der Waals surface area contributed by atoms with E-state index in [1.54, 1.807) is 24.3 Å². The molecule has 0 fully saturated rings. The molecule has 3 nitrogen and oxygen atoms in total. The van der Waals surface area contributed by atoms with Gasteiger partial charge in [0, 0.05) is 18.2 Å². The highest BCUT2D eigenvalue weighted by Gasteiger charge is 2.40. The van der Waals surface area contributed by atoms with Gasteiger partial charge >= 0.3 is 6.18 Å². The van der Waals surface area contributed by atoms with Crippen LogP contribution in [0, 0.1) is 0 Å². The molecule has 4 rings (SSSR count). The van der Waals surface area contributed by atoms with Gasteiger partial charge in [0.1, 0.15) is 5.54 Å². The molecule has 1 amide bonds. The number of hydrogen-bond acceptors (Lipinski definition) is 2. The molecule has 0 saturated carbocycles. The number of rotatable bonds is 6. The first-order chi connectivity index (χ1) is 16.7. The third-order valence-electron chi connectivity index (χ3n) is 5.61. The number of pyridine rings is 1. The molecule has 1 atom stereocenters. The third-order valence-corrected chi connectivity index (χ3v) is 6.34. The second-order valence-corrected chi connectivity index (χ2v) is 8.76. The number of halogens is 5. The van der Waals surface area contributed by atoms with Gasteiger partial charge in [-0.1, -0.05) is 71.7 Å². The topological polar surface area (TPSA) is 42.0 Å². The number of amides is 1. The van der Waals surface area contributed by atoms with Gasteiger partial charge in [-0.15, -0.1) is 0 Å². The molecule has 1 unspecified atom stereocenters. The fraction of sp³-hybridized carbons (Fsp3) is 0.111. The van der Waals surface area contributed by atoms with Crippen LogP contribution in [0.25, 0.3) is 0 Å². The molecule has 4 aromatic rings. The summed E-state index contributed by atoms with van der Waals surface area (Å²) in [6, 6.07) is 23.6. The Morgan fingerprint density at radius 1 is 0.800 bits per heavy atom. The maximum absolute atomic E-state index is 13.7. The zero-order valence-electron chi connectivity index (χ0n) is 18.2.